The fourth-order valence-corrected chi connectivity index (χ4v) is 4.40. The standard InChI is InChI=1S/C24H28N2O/c1-18-10-6-7-11-19(18)16-26(20-12-4-3-5-13-20)24(27)22-17-25(2)23-15-9-8-14-21(22)23/h6-11,14-15,17,20H,3-5,12-13,16H2,1-2H3. The maximum atomic E-state index is 13.7. The zero-order valence-electron chi connectivity index (χ0n) is 16.3. The molecule has 1 fully saturated rings. The molecule has 1 aliphatic rings. The SMILES string of the molecule is Cc1ccccc1CN(C(=O)c1cn(C)c2ccccc12)C1CCCCC1. The summed E-state index contributed by atoms with van der Waals surface area (Å²) < 4.78 is 2.06. The van der Waals surface area contributed by atoms with Gasteiger partial charge in [0, 0.05) is 36.7 Å². The van der Waals surface area contributed by atoms with Crippen molar-refractivity contribution >= 4 is 16.8 Å². The van der Waals surface area contributed by atoms with Crippen molar-refractivity contribution in [3.63, 3.8) is 0 Å². The van der Waals surface area contributed by atoms with Gasteiger partial charge in [-0.1, -0.05) is 61.7 Å². The van der Waals surface area contributed by atoms with Gasteiger partial charge in [-0.25, -0.2) is 0 Å². The Morgan fingerprint density at radius 1 is 1.04 bits per heavy atom. The molecular weight excluding hydrogens is 332 g/mol. The quantitative estimate of drug-likeness (QED) is 0.606. The Labute approximate surface area is 161 Å². The third-order valence-corrected chi connectivity index (χ3v) is 6.01. The maximum Gasteiger partial charge on any atom is 0.256 e. The Morgan fingerprint density at radius 3 is 2.52 bits per heavy atom. The van der Waals surface area contributed by atoms with Crippen LogP contribution in [-0.2, 0) is 13.6 Å². The molecule has 3 heteroatoms. The van der Waals surface area contributed by atoms with E-state index in [0.717, 1.165) is 29.3 Å². The number of amides is 1. The lowest BCUT2D eigenvalue weighted by molar-refractivity contribution is 0.0615. The average molecular weight is 361 g/mol. The molecule has 3 aromatic rings. The minimum Gasteiger partial charge on any atom is -0.350 e. The summed E-state index contributed by atoms with van der Waals surface area (Å²) in [4.78, 5) is 15.8. The van der Waals surface area contributed by atoms with Gasteiger partial charge in [0.2, 0.25) is 0 Å². The van der Waals surface area contributed by atoms with Crippen LogP contribution in [0, 0.1) is 6.92 Å². The van der Waals surface area contributed by atoms with Gasteiger partial charge in [0.1, 0.15) is 0 Å². The summed E-state index contributed by atoms with van der Waals surface area (Å²) in [5.41, 5.74) is 4.44. The summed E-state index contributed by atoms with van der Waals surface area (Å²) in [6.07, 6.45) is 7.96. The molecule has 4 rings (SSSR count). The first-order valence-electron chi connectivity index (χ1n) is 10.0. The Morgan fingerprint density at radius 2 is 1.74 bits per heavy atom. The van der Waals surface area contributed by atoms with Crippen LogP contribution < -0.4 is 0 Å². The Balaban J connectivity index is 1.72. The van der Waals surface area contributed by atoms with Gasteiger partial charge < -0.3 is 9.47 Å². The predicted molar refractivity (Wildman–Crippen MR) is 111 cm³/mol. The van der Waals surface area contributed by atoms with E-state index < -0.39 is 0 Å². The Bertz CT molecular complexity index is 950. The number of rotatable bonds is 4. The molecule has 0 aliphatic heterocycles. The molecule has 0 unspecified atom stereocenters. The van der Waals surface area contributed by atoms with Crippen molar-refractivity contribution in [2.24, 2.45) is 7.05 Å². The van der Waals surface area contributed by atoms with Gasteiger partial charge in [-0.15, -0.1) is 0 Å². The molecule has 1 amide bonds. The van der Waals surface area contributed by atoms with E-state index in [1.165, 1.54) is 30.4 Å². The normalized spacial score (nSPS) is 15.2. The molecule has 27 heavy (non-hydrogen) atoms. The highest BCUT2D eigenvalue weighted by molar-refractivity contribution is 6.07. The third kappa shape index (κ3) is 3.51. The van der Waals surface area contributed by atoms with E-state index in [4.69, 9.17) is 0 Å². The number of benzene rings is 2. The summed E-state index contributed by atoms with van der Waals surface area (Å²) >= 11 is 0. The van der Waals surface area contributed by atoms with Crippen molar-refractivity contribution in [3.05, 3.63) is 71.4 Å². The van der Waals surface area contributed by atoms with Gasteiger partial charge in [0.25, 0.3) is 5.91 Å². The molecule has 0 N–H and O–H groups in total. The molecule has 1 heterocycles. The topological polar surface area (TPSA) is 25.2 Å². The summed E-state index contributed by atoms with van der Waals surface area (Å²) in [6, 6.07) is 17.0. The van der Waals surface area contributed by atoms with Gasteiger partial charge in [-0.2, -0.15) is 0 Å². The molecule has 140 valence electrons. The van der Waals surface area contributed by atoms with Crippen molar-refractivity contribution in [3.8, 4) is 0 Å². The number of hydrogen-bond acceptors (Lipinski definition) is 1. The molecule has 0 radical (unpaired) electrons. The van der Waals surface area contributed by atoms with Crippen molar-refractivity contribution in [1.29, 1.82) is 0 Å². The summed E-state index contributed by atoms with van der Waals surface area (Å²) in [5.74, 6) is 0.168. The molecule has 1 saturated carbocycles. The fourth-order valence-electron chi connectivity index (χ4n) is 4.40. The first-order chi connectivity index (χ1) is 13.1. The largest absolute Gasteiger partial charge is 0.350 e. The Kier molecular flexibility index (Phi) is 5.02. The molecule has 3 nitrogen and oxygen atoms in total. The number of nitrogens with zero attached hydrogens (tertiary/aromatic N) is 2. The van der Waals surface area contributed by atoms with Crippen LogP contribution in [0.4, 0.5) is 0 Å². The zero-order chi connectivity index (χ0) is 18.8. The first kappa shape index (κ1) is 17.8. The second kappa shape index (κ2) is 7.59. The lowest BCUT2D eigenvalue weighted by Crippen LogP contribution is -2.41. The predicted octanol–water partition coefficient (Wildman–Crippen LogP) is 5.46. The number of aromatic nitrogens is 1. The summed E-state index contributed by atoms with van der Waals surface area (Å²) in [5, 5.41) is 1.05. The molecule has 0 bridgehead atoms. The van der Waals surface area contributed by atoms with E-state index in [-0.39, 0.29) is 5.91 Å². The number of fused-ring (bicyclic) bond motifs is 1. The minimum atomic E-state index is 0.168. The summed E-state index contributed by atoms with van der Waals surface area (Å²) in [6.45, 7) is 2.83. The average Bonchev–Trinajstić information content (AvgIpc) is 3.05. The van der Waals surface area contributed by atoms with Crippen LogP contribution >= 0.6 is 0 Å². The van der Waals surface area contributed by atoms with Crippen LogP contribution in [0.2, 0.25) is 0 Å². The van der Waals surface area contributed by atoms with Gasteiger partial charge >= 0.3 is 0 Å². The minimum absolute atomic E-state index is 0.168. The first-order valence-corrected chi connectivity index (χ1v) is 10.0. The number of aryl methyl sites for hydroxylation is 2. The van der Waals surface area contributed by atoms with E-state index >= 15 is 0 Å². The summed E-state index contributed by atoms with van der Waals surface area (Å²) in [7, 11) is 2.02. The van der Waals surface area contributed by atoms with Gasteiger partial charge in [0.05, 0.1) is 5.56 Å². The van der Waals surface area contributed by atoms with E-state index in [9.17, 15) is 4.79 Å². The lowest BCUT2D eigenvalue weighted by atomic mass is 9.93. The highest BCUT2D eigenvalue weighted by atomic mass is 16.2. The van der Waals surface area contributed by atoms with Crippen molar-refractivity contribution in [1.82, 2.24) is 9.47 Å². The number of carbonyl (C=O) groups excluding carboxylic acids is 1. The zero-order valence-corrected chi connectivity index (χ0v) is 16.3. The van der Waals surface area contributed by atoms with Gasteiger partial charge in [-0.3, -0.25) is 4.79 Å². The van der Waals surface area contributed by atoms with Gasteiger partial charge in [0.15, 0.2) is 0 Å². The van der Waals surface area contributed by atoms with E-state index in [1.54, 1.807) is 0 Å². The molecule has 1 aliphatic carbocycles. The molecule has 1 aromatic heterocycles. The van der Waals surface area contributed by atoms with E-state index in [1.807, 2.05) is 25.4 Å². The highest BCUT2D eigenvalue weighted by Crippen LogP contribution is 2.29. The molecule has 0 atom stereocenters. The highest BCUT2D eigenvalue weighted by Gasteiger charge is 2.28. The fraction of sp³-hybridized carbons (Fsp3) is 0.375. The van der Waals surface area contributed by atoms with Crippen LogP contribution in [-0.4, -0.2) is 21.4 Å². The third-order valence-electron chi connectivity index (χ3n) is 6.01. The lowest BCUT2D eigenvalue weighted by Gasteiger charge is -2.35. The van der Waals surface area contributed by atoms with Crippen molar-refractivity contribution in [2.45, 2.75) is 51.6 Å². The number of hydrogen-bond donors (Lipinski definition) is 0. The van der Waals surface area contributed by atoms with Crippen molar-refractivity contribution in [2.75, 3.05) is 0 Å². The second-order valence-electron chi connectivity index (χ2n) is 7.82. The molecule has 2 aromatic carbocycles. The molecular formula is C24H28N2O. The van der Waals surface area contributed by atoms with Crippen molar-refractivity contribution < 1.29 is 4.79 Å². The number of para-hydroxylation sites is 1. The van der Waals surface area contributed by atoms with Crippen LogP contribution in [0.5, 0.6) is 0 Å². The van der Waals surface area contributed by atoms with E-state index in [2.05, 4.69) is 52.8 Å². The Hall–Kier alpha value is -2.55. The van der Waals surface area contributed by atoms with Gasteiger partial charge in [-0.05, 0) is 37.0 Å². The monoisotopic (exact) mass is 360 g/mol. The van der Waals surface area contributed by atoms with Crippen LogP contribution in [0.1, 0.15) is 53.6 Å². The van der Waals surface area contributed by atoms with Crippen LogP contribution in [0.15, 0.2) is 54.7 Å². The smallest absolute Gasteiger partial charge is 0.256 e. The van der Waals surface area contributed by atoms with Crippen LogP contribution in [0.25, 0.3) is 10.9 Å². The molecule has 0 spiro atoms. The number of carbonyl (C=O) groups is 1. The maximum absolute atomic E-state index is 13.7. The molecule has 0 saturated heterocycles. The van der Waals surface area contributed by atoms with Crippen LogP contribution in [0.3, 0.4) is 0 Å². The second-order valence-corrected chi connectivity index (χ2v) is 7.82. The van der Waals surface area contributed by atoms with E-state index in [0.29, 0.717) is 12.6 Å².